The molecule has 1 unspecified atom stereocenters. The highest BCUT2D eigenvalue weighted by Gasteiger charge is 2.07. The van der Waals surface area contributed by atoms with Gasteiger partial charge in [0.2, 0.25) is 0 Å². The number of unbranched alkanes of at least 4 members (excludes halogenated alkanes) is 1. The van der Waals surface area contributed by atoms with Gasteiger partial charge in [0, 0.05) is 26.0 Å². The molecule has 0 aliphatic carbocycles. The summed E-state index contributed by atoms with van der Waals surface area (Å²) in [4.78, 5) is 0. The highest BCUT2D eigenvalue weighted by molar-refractivity contribution is 5.12. The van der Waals surface area contributed by atoms with E-state index in [2.05, 4.69) is 0 Å². The van der Waals surface area contributed by atoms with E-state index < -0.39 is 0 Å². The van der Waals surface area contributed by atoms with Crippen molar-refractivity contribution in [1.29, 1.82) is 0 Å². The van der Waals surface area contributed by atoms with Gasteiger partial charge in [-0.3, -0.25) is 0 Å². The molecule has 74 valence electrons. The van der Waals surface area contributed by atoms with Crippen LogP contribution in [0.15, 0.2) is 18.5 Å². The summed E-state index contributed by atoms with van der Waals surface area (Å²) in [5.41, 5.74) is 0.959. The number of aliphatic hydroxyl groups is 2. The molecule has 0 spiro atoms. The number of hydrogen-bond donors (Lipinski definition) is 2. The third-order valence-corrected chi connectivity index (χ3v) is 2.13. The predicted molar refractivity (Wildman–Crippen MR) is 51.3 cm³/mol. The molecule has 1 atom stereocenters. The third kappa shape index (κ3) is 3.20. The van der Waals surface area contributed by atoms with Gasteiger partial charge < -0.3 is 14.8 Å². The van der Waals surface area contributed by atoms with Crippen molar-refractivity contribution in [3.8, 4) is 0 Å². The predicted octanol–water partition coefficient (Wildman–Crippen LogP) is 1.22. The summed E-state index contributed by atoms with van der Waals surface area (Å²) in [6.07, 6.45) is 5.82. The minimum Gasteiger partial charge on any atom is -0.396 e. The topological polar surface area (TPSA) is 45.4 Å². The van der Waals surface area contributed by atoms with E-state index in [1.165, 1.54) is 0 Å². The van der Waals surface area contributed by atoms with Gasteiger partial charge in [-0.2, -0.15) is 0 Å². The molecule has 3 nitrogen and oxygen atoms in total. The van der Waals surface area contributed by atoms with Crippen LogP contribution in [0.1, 0.15) is 30.9 Å². The lowest BCUT2D eigenvalue weighted by Crippen LogP contribution is -1.96. The van der Waals surface area contributed by atoms with Crippen LogP contribution < -0.4 is 0 Å². The first-order valence-electron chi connectivity index (χ1n) is 4.65. The number of aromatic nitrogens is 1. The molecule has 0 fully saturated rings. The Morgan fingerprint density at radius 1 is 1.46 bits per heavy atom. The Balaban J connectivity index is 2.35. The molecule has 1 heterocycles. The first kappa shape index (κ1) is 10.3. The van der Waals surface area contributed by atoms with Gasteiger partial charge in [-0.05, 0) is 30.9 Å². The number of hydrogen-bond acceptors (Lipinski definition) is 2. The van der Waals surface area contributed by atoms with Crippen LogP contribution in [-0.2, 0) is 7.05 Å². The monoisotopic (exact) mass is 183 g/mol. The van der Waals surface area contributed by atoms with E-state index >= 15 is 0 Å². The van der Waals surface area contributed by atoms with Crippen LogP contribution in [0.3, 0.4) is 0 Å². The number of aliphatic hydroxyl groups excluding tert-OH is 2. The second-order valence-corrected chi connectivity index (χ2v) is 3.35. The minimum atomic E-state index is -0.382. The van der Waals surface area contributed by atoms with E-state index in [0.717, 1.165) is 24.8 Å². The van der Waals surface area contributed by atoms with Gasteiger partial charge in [-0.15, -0.1) is 0 Å². The van der Waals surface area contributed by atoms with E-state index in [-0.39, 0.29) is 12.7 Å². The molecule has 0 aromatic carbocycles. The summed E-state index contributed by atoms with van der Waals surface area (Å²) in [5, 5.41) is 18.2. The van der Waals surface area contributed by atoms with Crippen LogP contribution >= 0.6 is 0 Å². The van der Waals surface area contributed by atoms with Crippen molar-refractivity contribution in [3.05, 3.63) is 24.0 Å². The molecule has 3 heteroatoms. The number of nitrogens with zero attached hydrogens (tertiary/aromatic N) is 1. The van der Waals surface area contributed by atoms with Crippen molar-refractivity contribution < 1.29 is 10.2 Å². The van der Waals surface area contributed by atoms with E-state index in [4.69, 9.17) is 5.11 Å². The second kappa shape index (κ2) is 5.04. The zero-order valence-electron chi connectivity index (χ0n) is 7.98. The summed E-state index contributed by atoms with van der Waals surface area (Å²) in [6, 6.07) is 1.92. The average Bonchev–Trinajstić information content (AvgIpc) is 2.52. The van der Waals surface area contributed by atoms with E-state index in [9.17, 15) is 5.11 Å². The Bertz CT molecular complexity index is 245. The Morgan fingerprint density at radius 2 is 2.23 bits per heavy atom. The maximum Gasteiger partial charge on any atom is 0.0804 e. The zero-order valence-corrected chi connectivity index (χ0v) is 7.98. The molecule has 0 amide bonds. The van der Waals surface area contributed by atoms with Gasteiger partial charge in [-0.1, -0.05) is 0 Å². The molecule has 13 heavy (non-hydrogen) atoms. The highest BCUT2D eigenvalue weighted by Crippen LogP contribution is 2.18. The molecule has 1 rings (SSSR count). The minimum absolute atomic E-state index is 0.210. The maximum absolute atomic E-state index is 9.67. The van der Waals surface area contributed by atoms with Crippen molar-refractivity contribution in [1.82, 2.24) is 4.57 Å². The molecule has 0 saturated heterocycles. The SMILES string of the molecule is Cn1ccc(C(O)CCCCO)c1. The summed E-state index contributed by atoms with van der Waals surface area (Å²) in [7, 11) is 1.93. The van der Waals surface area contributed by atoms with Crippen LogP contribution in [0.25, 0.3) is 0 Å². The van der Waals surface area contributed by atoms with E-state index in [1.54, 1.807) is 0 Å². The smallest absolute Gasteiger partial charge is 0.0804 e. The standard InChI is InChI=1S/C10H17NO2/c1-11-6-5-9(8-11)10(13)4-2-3-7-12/h5-6,8,10,12-13H,2-4,7H2,1H3. The first-order chi connectivity index (χ1) is 6.24. The van der Waals surface area contributed by atoms with Crippen LogP contribution in [0.4, 0.5) is 0 Å². The molecular weight excluding hydrogens is 166 g/mol. The van der Waals surface area contributed by atoms with Crippen molar-refractivity contribution >= 4 is 0 Å². The largest absolute Gasteiger partial charge is 0.396 e. The Labute approximate surface area is 78.6 Å². The van der Waals surface area contributed by atoms with Gasteiger partial charge >= 0.3 is 0 Å². The molecule has 0 saturated carbocycles. The molecule has 0 bridgehead atoms. The number of aryl methyl sites for hydroxylation is 1. The molecule has 0 aliphatic heterocycles. The Kier molecular flexibility index (Phi) is 3.99. The fraction of sp³-hybridized carbons (Fsp3) is 0.600. The van der Waals surface area contributed by atoms with E-state index in [0.29, 0.717) is 0 Å². The normalized spacial score (nSPS) is 13.2. The highest BCUT2D eigenvalue weighted by atomic mass is 16.3. The Morgan fingerprint density at radius 3 is 2.77 bits per heavy atom. The lowest BCUT2D eigenvalue weighted by molar-refractivity contribution is 0.159. The van der Waals surface area contributed by atoms with Crippen LogP contribution in [0.5, 0.6) is 0 Å². The summed E-state index contributed by atoms with van der Waals surface area (Å²) >= 11 is 0. The van der Waals surface area contributed by atoms with Crippen molar-refractivity contribution in [2.75, 3.05) is 6.61 Å². The lowest BCUT2D eigenvalue weighted by atomic mass is 10.1. The summed E-state index contributed by atoms with van der Waals surface area (Å²) in [5.74, 6) is 0. The van der Waals surface area contributed by atoms with Gasteiger partial charge in [0.05, 0.1) is 6.10 Å². The molecule has 1 aromatic rings. The quantitative estimate of drug-likeness (QED) is 0.674. The lowest BCUT2D eigenvalue weighted by Gasteiger charge is -2.07. The van der Waals surface area contributed by atoms with Crippen molar-refractivity contribution in [3.63, 3.8) is 0 Å². The molecular formula is C10H17NO2. The zero-order chi connectivity index (χ0) is 9.68. The van der Waals surface area contributed by atoms with Gasteiger partial charge in [0.1, 0.15) is 0 Å². The average molecular weight is 183 g/mol. The van der Waals surface area contributed by atoms with Crippen LogP contribution in [-0.4, -0.2) is 21.4 Å². The third-order valence-electron chi connectivity index (χ3n) is 2.13. The van der Waals surface area contributed by atoms with Gasteiger partial charge in [0.25, 0.3) is 0 Å². The number of rotatable bonds is 5. The Hall–Kier alpha value is -0.800. The van der Waals surface area contributed by atoms with Crippen molar-refractivity contribution in [2.24, 2.45) is 7.05 Å². The summed E-state index contributed by atoms with van der Waals surface area (Å²) in [6.45, 7) is 0.210. The fourth-order valence-corrected chi connectivity index (χ4v) is 1.34. The van der Waals surface area contributed by atoms with Crippen LogP contribution in [0, 0.1) is 0 Å². The summed E-state index contributed by atoms with van der Waals surface area (Å²) < 4.78 is 1.92. The van der Waals surface area contributed by atoms with Gasteiger partial charge in [-0.25, -0.2) is 0 Å². The van der Waals surface area contributed by atoms with E-state index in [1.807, 2.05) is 30.1 Å². The fourth-order valence-electron chi connectivity index (χ4n) is 1.34. The maximum atomic E-state index is 9.67. The molecule has 1 aromatic heterocycles. The van der Waals surface area contributed by atoms with Crippen molar-refractivity contribution in [2.45, 2.75) is 25.4 Å². The molecule has 0 aliphatic rings. The molecule has 0 radical (unpaired) electrons. The van der Waals surface area contributed by atoms with Crippen LogP contribution in [0.2, 0.25) is 0 Å². The first-order valence-corrected chi connectivity index (χ1v) is 4.65. The molecule has 2 N–H and O–H groups in total. The second-order valence-electron chi connectivity index (χ2n) is 3.35. The van der Waals surface area contributed by atoms with Gasteiger partial charge in [0.15, 0.2) is 0 Å².